The summed E-state index contributed by atoms with van der Waals surface area (Å²) in [6.07, 6.45) is 1.55. The maximum atomic E-state index is 13.3. The highest BCUT2D eigenvalue weighted by Gasteiger charge is 2.45. The van der Waals surface area contributed by atoms with Crippen LogP contribution in [0.3, 0.4) is 0 Å². The van der Waals surface area contributed by atoms with E-state index in [0.29, 0.717) is 10.7 Å². The number of benzene rings is 1. The van der Waals surface area contributed by atoms with Gasteiger partial charge in [-0.15, -0.1) is 0 Å². The highest BCUT2D eigenvalue weighted by atomic mass is 35.5. The van der Waals surface area contributed by atoms with Crippen molar-refractivity contribution in [3.05, 3.63) is 29.0 Å². The number of hydrogen-bond acceptors (Lipinski definition) is 2. The van der Waals surface area contributed by atoms with E-state index < -0.39 is 5.82 Å². The van der Waals surface area contributed by atoms with Crippen LogP contribution in [0.4, 0.5) is 10.1 Å². The third-order valence-electron chi connectivity index (χ3n) is 5.01. The summed E-state index contributed by atoms with van der Waals surface area (Å²) < 4.78 is 13.3. The number of carbonyl (C=O) groups is 1. The molecule has 1 fully saturated rings. The minimum Gasteiger partial charge on any atom is -0.327 e. The fraction of sp³-hybridized carbons (Fsp3) is 0.562. The average Bonchev–Trinajstić information content (AvgIpc) is 2.40. The maximum absolute atomic E-state index is 13.3. The molecule has 1 saturated carbocycles. The van der Waals surface area contributed by atoms with Crippen LogP contribution in [-0.4, -0.2) is 11.9 Å². The zero-order valence-corrected chi connectivity index (χ0v) is 13.4. The molecule has 0 aromatic heterocycles. The molecular weight excluding hydrogens is 291 g/mol. The number of nitrogens with one attached hydrogen (secondary N) is 1. The Kier molecular flexibility index (Phi) is 4.59. The van der Waals surface area contributed by atoms with Gasteiger partial charge in [0.25, 0.3) is 0 Å². The molecule has 5 heteroatoms. The van der Waals surface area contributed by atoms with Gasteiger partial charge >= 0.3 is 0 Å². The van der Waals surface area contributed by atoms with Crippen LogP contribution in [0.5, 0.6) is 0 Å². The summed E-state index contributed by atoms with van der Waals surface area (Å²) >= 11 is 6.00. The number of carbonyl (C=O) groups excluding carboxylic acids is 1. The number of hydrogen-bond donors (Lipinski definition) is 2. The SMILES string of the molecule is CC1C(N)CCC(C(=O)Nc2cc(F)ccc2Cl)C1(C)C. The molecule has 0 heterocycles. The first kappa shape index (κ1) is 16.2. The van der Waals surface area contributed by atoms with Crippen LogP contribution in [0.1, 0.15) is 33.6 Å². The molecule has 21 heavy (non-hydrogen) atoms. The lowest BCUT2D eigenvalue weighted by molar-refractivity contribution is -0.127. The van der Waals surface area contributed by atoms with Crippen molar-refractivity contribution in [2.75, 3.05) is 5.32 Å². The number of halogens is 2. The van der Waals surface area contributed by atoms with Crippen molar-refractivity contribution in [1.82, 2.24) is 0 Å². The second-order valence-corrected chi connectivity index (χ2v) is 6.92. The Morgan fingerprint density at radius 2 is 2.10 bits per heavy atom. The van der Waals surface area contributed by atoms with Gasteiger partial charge in [-0.05, 0) is 42.4 Å². The first-order valence-corrected chi connectivity index (χ1v) is 7.62. The standard InChI is InChI=1S/C16H22ClFN2O/c1-9-13(19)7-5-11(16(9,2)3)15(21)20-14-8-10(18)4-6-12(14)17/h4,6,8-9,11,13H,5,7,19H2,1-3H3,(H,20,21). The third kappa shape index (κ3) is 3.22. The van der Waals surface area contributed by atoms with E-state index in [9.17, 15) is 9.18 Å². The quantitative estimate of drug-likeness (QED) is 0.872. The lowest BCUT2D eigenvalue weighted by atomic mass is 9.61. The normalized spacial score (nSPS) is 28.2. The van der Waals surface area contributed by atoms with Gasteiger partial charge in [-0.2, -0.15) is 0 Å². The van der Waals surface area contributed by atoms with E-state index in [1.54, 1.807) is 0 Å². The van der Waals surface area contributed by atoms with Gasteiger partial charge in [0.15, 0.2) is 0 Å². The van der Waals surface area contributed by atoms with E-state index in [1.165, 1.54) is 18.2 Å². The number of amides is 1. The minimum absolute atomic E-state index is 0.113. The van der Waals surface area contributed by atoms with Crippen molar-refractivity contribution in [2.24, 2.45) is 23.0 Å². The molecule has 3 unspecified atom stereocenters. The Labute approximate surface area is 130 Å². The van der Waals surface area contributed by atoms with Gasteiger partial charge in [-0.3, -0.25) is 4.79 Å². The summed E-state index contributed by atoms with van der Waals surface area (Å²) in [6, 6.07) is 4.06. The number of nitrogens with two attached hydrogens (primary N) is 1. The summed E-state index contributed by atoms with van der Waals surface area (Å²) in [6.45, 7) is 6.21. The number of anilines is 1. The number of rotatable bonds is 2. The summed E-state index contributed by atoms with van der Waals surface area (Å²) in [5.41, 5.74) is 6.22. The minimum atomic E-state index is -0.423. The second kappa shape index (κ2) is 5.93. The Balaban J connectivity index is 2.18. The van der Waals surface area contributed by atoms with Gasteiger partial charge in [-0.25, -0.2) is 4.39 Å². The first-order chi connectivity index (χ1) is 9.73. The van der Waals surface area contributed by atoms with E-state index in [1.807, 2.05) is 0 Å². The van der Waals surface area contributed by atoms with E-state index >= 15 is 0 Å². The largest absolute Gasteiger partial charge is 0.327 e. The van der Waals surface area contributed by atoms with Crippen LogP contribution in [0, 0.1) is 23.1 Å². The maximum Gasteiger partial charge on any atom is 0.228 e. The summed E-state index contributed by atoms with van der Waals surface area (Å²) in [4.78, 5) is 12.6. The molecule has 3 atom stereocenters. The molecule has 2 rings (SSSR count). The molecule has 1 aliphatic carbocycles. The molecule has 116 valence electrons. The lowest BCUT2D eigenvalue weighted by Crippen LogP contribution is -2.50. The van der Waals surface area contributed by atoms with E-state index in [2.05, 4.69) is 26.1 Å². The molecule has 1 aromatic carbocycles. The smallest absolute Gasteiger partial charge is 0.228 e. The third-order valence-corrected chi connectivity index (χ3v) is 5.33. The molecule has 0 radical (unpaired) electrons. The molecule has 0 aliphatic heterocycles. The molecule has 0 saturated heterocycles. The predicted octanol–water partition coefficient (Wildman–Crippen LogP) is 3.82. The van der Waals surface area contributed by atoms with Crippen LogP contribution < -0.4 is 11.1 Å². The molecule has 1 aliphatic rings. The highest BCUT2D eigenvalue weighted by molar-refractivity contribution is 6.33. The second-order valence-electron chi connectivity index (χ2n) is 6.52. The zero-order chi connectivity index (χ0) is 15.8. The van der Waals surface area contributed by atoms with Crippen molar-refractivity contribution in [3.8, 4) is 0 Å². The first-order valence-electron chi connectivity index (χ1n) is 7.25. The Morgan fingerprint density at radius 3 is 2.76 bits per heavy atom. The van der Waals surface area contributed by atoms with Gasteiger partial charge in [0.2, 0.25) is 5.91 Å². The van der Waals surface area contributed by atoms with Gasteiger partial charge in [0.05, 0.1) is 10.7 Å². The van der Waals surface area contributed by atoms with Crippen LogP contribution in [0.15, 0.2) is 18.2 Å². The van der Waals surface area contributed by atoms with Crippen LogP contribution >= 0.6 is 11.6 Å². The van der Waals surface area contributed by atoms with Gasteiger partial charge in [0, 0.05) is 12.0 Å². The summed E-state index contributed by atoms with van der Waals surface area (Å²) in [5.74, 6) is -0.462. The Bertz CT molecular complexity index is 547. The molecule has 1 amide bonds. The lowest BCUT2D eigenvalue weighted by Gasteiger charge is -2.46. The van der Waals surface area contributed by atoms with Gasteiger partial charge in [-0.1, -0.05) is 32.4 Å². The monoisotopic (exact) mass is 312 g/mol. The van der Waals surface area contributed by atoms with Gasteiger partial charge < -0.3 is 11.1 Å². The summed E-state index contributed by atoms with van der Waals surface area (Å²) in [7, 11) is 0. The fourth-order valence-electron chi connectivity index (χ4n) is 3.13. The van der Waals surface area contributed by atoms with Crippen molar-refractivity contribution in [3.63, 3.8) is 0 Å². The fourth-order valence-corrected chi connectivity index (χ4v) is 3.30. The average molecular weight is 313 g/mol. The van der Waals surface area contributed by atoms with Gasteiger partial charge in [0.1, 0.15) is 5.82 Å². The van der Waals surface area contributed by atoms with Crippen LogP contribution in [0.25, 0.3) is 0 Å². The molecular formula is C16H22ClFN2O. The van der Waals surface area contributed by atoms with E-state index in [-0.39, 0.29) is 29.2 Å². The van der Waals surface area contributed by atoms with Crippen molar-refractivity contribution >= 4 is 23.2 Å². The molecule has 3 N–H and O–H groups in total. The summed E-state index contributed by atoms with van der Waals surface area (Å²) in [5, 5.41) is 3.10. The molecule has 0 bridgehead atoms. The van der Waals surface area contributed by atoms with Crippen molar-refractivity contribution in [2.45, 2.75) is 39.7 Å². The van der Waals surface area contributed by atoms with Crippen LogP contribution in [0.2, 0.25) is 5.02 Å². The molecule has 0 spiro atoms. The highest BCUT2D eigenvalue weighted by Crippen LogP contribution is 2.44. The van der Waals surface area contributed by atoms with E-state index in [4.69, 9.17) is 17.3 Å². The predicted molar refractivity (Wildman–Crippen MR) is 83.7 cm³/mol. The Morgan fingerprint density at radius 1 is 1.43 bits per heavy atom. The zero-order valence-electron chi connectivity index (χ0n) is 12.6. The molecule has 1 aromatic rings. The van der Waals surface area contributed by atoms with Crippen molar-refractivity contribution in [1.29, 1.82) is 0 Å². The molecule has 3 nitrogen and oxygen atoms in total. The Hall–Kier alpha value is -1.13. The van der Waals surface area contributed by atoms with E-state index in [0.717, 1.165) is 12.8 Å². The van der Waals surface area contributed by atoms with Crippen LogP contribution in [-0.2, 0) is 4.79 Å². The topological polar surface area (TPSA) is 55.1 Å². The van der Waals surface area contributed by atoms with Crippen molar-refractivity contribution < 1.29 is 9.18 Å².